The third kappa shape index (κ3) is 4.64. The van der Waals surface area contributed by atoms with Crippen LogP contribution in [0.2, 0.25) is 0 Å². The van der Waals surface area contributed by atoms with E-state index in [0.29, 0.717) is 0 Å². The summed E-state index contributed by atoms with van der Waals surface area (Å²) >= 11 is 0. The Hall–Kier alpha value is -0.275. The number of rotatable bonds is 7. The van der Waals surface area contributed by atoms with Crippen molar-refractivity contribution >= 4 is 7.12 Å². The summed E-state index contributed by atoms with van der Waals surface area (Å²) in [4.78, 5) is 0. The summed E-state index contributed by atoms with van der Waals surface area (Å²) in [7, 11) is -0.175. The summed E-state index contributed by atoms with van der Waals surface area (Å²) in [6.45, 7) is 12.9. The minimum absolute atomic E-state index is 0.175. The molecule has 0 atom stereocenters. The molecule has 3 heteroatoms. The first-order valence-electron chi connectivity index (χ1n) is 7.87. The molecule has 0 aromatic carbocycles. The van der Waals surface area contributed by atoms with Crippen LogP contribution in [-0.2, 0) is 9.31 Å². The van der Waals surface area contributed by atoms with Gasteiger partial charge >= 0.3 is 7.12 Å². The van der Waals surface area contributed by atoms with Crippen molar-refractivity contribution in [2.75, 3.05) is 0 Å². The first-order valence-corrected chi connectivity index (χ1v) is 7.87. The Morgan fingerprint density at radius 3 is 2.00 bits per heavy atom. The highest BCUT2D eigenvalue weighted by molar-refractivity contribution is 6.51. The number of hydrogen-bond donors (Lipinski definition) is 0. The van der Waals surface area contributed by atoms with Crippen molar-refractivity contribution in [3.05, 3.63) is 11.5 Å². The molecule has 0 unspecified atom stereocenters. The molecule has 1 heterocycles. The summed E-state index contributed by atoms with van der Waals surface area (Å²) in [6.07, 6.45) is 7.52. The van der Waals surface area contributed by atoms with Gasteiger partial charge in [0.15, 0.2) is 0 Å². The van der Waals surface area contributed by atoms with E-state index >= 15 is 0 Å². The minimum atomic E-state index is -0.227. The predicted octanol–water partition coefficient (Wildman–Crippen LogP) is 4.92. The van der Waals surface area contributed by atoms with Crippen LogP contribution in [-0.4, -0.2) is 18.3 Å². The Labute approximate surface area is 120 Å². The molecule has 0 radical (unpaired) electrons. The van der Waals surface area contributed by atoms with E-state index in [2.05, 4.69) is 47.5 Å². The molecule has 1 aliphatic rings. The van der Waals surface area contributed by atoms with E-state index in [4.69, 9.17) is 9.31 Å². The summed E-state index contributed by atoms with van der Waals surface area (Å²) in [5.74, 6) is 2.20. The molecule has 0 spiro atoms. The zero-order valence-electron chi connectivity index (χ0n) is 13.7. The van der Waals surface area contributed by atoms with E-state index < -0.39 is 0 Å². The first kappa shape index (κ1) is 16.8. The van der Waals surface area contributed by atoms with E-state index in [0.717, 1.165) is 6.42 Å². The maximum atomic E-state index is 6.03. The molecule has 2 nitrogen and oxygen atoms in total. The summed E-state index contributed by atoms with van der Waals surface area (Å²) < 4.78 is 12.1. The van der Waals surface area contributed by atoms with Gasteiger partial charge in [0.25, 0.3) is 0 Å². The molecular formula is C16H31BO2. The molecule has 1 saturated heterocycles. The highest BCUT2D eigenvalue weighted by atomic mass is 16.7. The van der Waals surface area contributed by atoms with E-state index in [-0.39, 0.29) is 18.3 Å². The van der Waals surface area contributed by atoms with Crippen LogP contribution in [0.3, 0.4) is 0 Å². The van der Waals surface area contributed by atoms with Crippen molar-refractivity contribution in [2.45, 2.75) is 91.3 Å². The van der Waals surface area contributed by atoms with Crippen LogP contribution in [0, 0.1) is 0 Å². The van der Waals surface area contributed by atoms with Crippen LogP contribution in [0.15, 0.2) is 11.5 Å². The van der Waals surface area contributed by atoms with Crippen molar-refractivity contribution < 1.29 is 9.31 Å². The predicted molar refractivity (Wildman–Crippen MR) is 83.2 cm³/mol. The molecule has 0 N–H and O–H groups in total. The van der Waals surface area contributed by atoms with Gasteiger partial charge in [-0.05, 0) is 47.0 Å². The fourth-order valence-corrected chi connectivity index (χ4v) is 2.31. The van der Waals surface area contributed by atoms with Crippen LogP contribution in [0.25, 0.3) is 0 Å². The van der Waals surface area contributed by atoms with Crippen molar-refractivity contribution in [3.8, 4) is 0 Å². The van der Waals surface area contributed by atoms with E-state index in [1.54, 1.807) is 0 Å². The Morgan fingerprint density at radius 1 is 0.947 bits per heavy atom. The Morgan fingerprint density at radius 2 is 1.53 bits per heavy atom. The minimum Gasteiger partial charge on any atom is -0.400 e. The van der Waals surface area contributed by atoms with Gasteiger partial charge in [0, 0.05) is 0 Å². The van der Waals surface area contributed by atoms with Gasteiger partial charge in [0.1, 0.15) is 0 Å². The van der Waals surface area contributed by atoms with Gasteiger partial charge in [0.05, 0.1) is 11.2 Å². The molecule has 110 valence electrons. The van der Waals surface area contributed by atoms with E-state index in [1.165, 1.54) is 37.7 Å². The molecule has 0 saturated carbocycles. The molecule has 1 fully saturated rings. The summed E-state index contributed by atoms with van der Waals surface area (Å²) in [5.41, 5.74) is 1.01. The lowest BCUT2D eigenvalue weighted by atomic mass is 9.85. The molecule has 19 heavy (non-hydrogen) atoms. The lowest BCUT2D eigenvalue weighted by Gasteiger charge is -2.32. The fourth-order valence-electron chi connectivity index (χ4n) is 2.31. The van der Waals surface area contributed by atoms with Gasteiger partial charge in [-0.2, -0.15) is 0 Å². The van der Waals surface area contributed by atoms with Gasteiger partial charge < -0.3 is 9.31 Å². The summed E-state index contributed by atoms with van der Waals surface area (Å²) in [5, 5.41) is 0. The topological polar surface area (TPSA) is 18.5 Å². The second kappa shape index (κ2) is 6.94. The molecule has 0 aromatic rings. The van der Waals surface area contributed by atoms with E-state index in [9.17, 15) is 0 Å². The second-order valence-electron chi connectivity index (χ2n) is 6.61. The molecule has 0 amide bonds. The highest BCUT2D eigenvalue weighted by Crippen LogP contribution is 2.37. The highest BCUT2D eigenvalue weighted by Gasteiger charge is 2.50. The lowest BCUT2D eigenvalue weighted by Crippen LogP contribution is -2.41. The average Bonchev–Trinajstić information content (AvgIpc) is 2.51. The van der Waals surface area contributed by atoms with Crippen molar-refractivity contribution in [1.82, 2.24) is 0 Å². The molecule has 0 bridgehead atoms. The fraction of sp³-hybridized carbons (Fsp3) is 0.875. The number of hydrogen-bond acceptors (Lipinski definition) is 2. The zero-order valence-corrected chi connectivity index (χ0v) is 13.7. The lowest BCUT2D eigenvalue weighted by molar-refractivity contribution is 0.00578. The van der Waals surface area contributed by atoms with Crippen LogP contribution in [0.5, 0.6) is 0 Å². The van der Waals surface area contributed by atoms with E-state index in [1.807, 2.05) is 0 Å². The van der Waals surface area contributed by atoms with Gasteiger partial charge in [-0.15, -0.1) is 0 Å². The summed E-state index contributed by atoms with van der Waals surface area (Å²) in [6, 6.07) is 0. The van der Waals surface area contributed by atoms with Gasteiger partial charge in [-0.25, -0.2) is 0 Å². The zero-order chi connectivity index (χ0) is 14.5. The largest absolute Gasteiger partial charge is 0.487 e. The molecule has 1 rings (SSSR count). The molecule has 0 aromatic heterocycles. The van der Waals surface area contributed by atoms with Gasteiger partial charge in [-0.1, -0.05) is 44.7 Å². The molecule has 0 aliphatic carbocycles. The maximum absolute atomic E-state index is 6.03. The molecular weight excluding hydrogens is 235 g/mol. The Balaban J connectivity index is 2.53. The van der Waals surface area contributed by atoms with Crippen molar-refractivity contribution in [1.29, 1.82) is 0 Å². The average molecular weight is 266 g/mol. The normalized spacial score (nSPS) is 22.0. The monoisotopic (exact) mass is 266 g/mol. The SMILES string of the molecule is CCCCCC/C(=C\B1OC(C)(C)C(C)(C)O1)CC. The quantitative estimate of drug-likeness (QED) is 0.480. The van der Waals surface area contributed by atoms with Crippen molar-refractivity contribution in [3.63, 3.8) is 0 Å². The second-order valence-corrected chi connectivity index (χ2v) is 6.61. The maximum Gasteiger partial charge on any atom is 0.487 e. The Bertz CT molecular complexity index is 292. The first-order chi connectivity index (χ1) is 8.82. The third-order valence-corrected chi connectivity index (χ3v) is 4.45. The van der Waals surface area contributed by atoms with Gasteiger partial charge in [-0.3, -0.25) is 0 Å². The van der Waals surface area contributed by atoms with Crippen molar-refractivity contribution in [2.24, 2.45) is 0 Å². The van der Waals surface area contributed by atoms with Crippen LogP contribution < -0.4 is 0 Å². The van der Waals surface area contributed by atoms with Gasteiger partial charge in [0.2, 0.25) is 0 Å². The smallest absolute Gasteiger partial charge is 0.400 e. The molecule has 1 aliphatic heterocycles. The van der Waals surface area contributed by atoms with Crippen LogP contribution in [0.1, 0.15) is 80.1 Å². The Kier molecular flexibility index (Phi) is 6.13. The number of allylic oxidation sites excluding steroid dienone is 1. The third-order valence-electron chi connectivity index (χ3n) is 4.45. The van der Waals surface area contributed by atoms with Crippen LogP contribution in [0.4, 0.5) is 0 Å². The standard InChI is InChI=1S/C16H31BO2/c1-7-9-10-11-12-14(8-2)13-17-18-15(3,4)16(5,6)19-17/h13H,7-12H2,1-6H3/b14-13-. The van der Waals surface area contributed by atoms with Crippen LogP contribution >= 0.6 is 0 Å². The number of unbranched alkanes of at least 4 members (excludes halogenated alkanes) is 3.